The SMILES string of the molecule is CCC(N)c1cn(-c2ccc(OC(C)C)cc2)nn1. The number of benzene rings is 1. The summed E-state index contributed by atoms with van der Waals surface area (Å²) in [4.78, 5) is 0. The van der Waals surface area contributed by atoms with Crippen LogP contribution < -0.4 is 10.5 Å². The molecular weight excluding hydrogens is 240 g/mol. The number of nitrogens with two attached hydrogens (primary N) is 1. The van der Waals surface area contributed by atoms with Crippen LogP contribution >= 0.6 is 0 Å². The molecule has 0 amide bonds. The van der Waals surface area contributed by atoms with Gasteiger partial charge < -0.3 is 10.5 Å². The molecule has 5 nitrogen and oxygen atoms in total. The maximum Gasteiger partial charge on any atom is 0.119 e. The number of hydrogen-bond acceptors (Lipinski definition) is 4. The van der Waals surface area contributed by atoms with Crippen LogP contribution in [0.2, 0.25) is 0 Å². The third kappa shape index (κ3) is 3.32. The highest BCUT2D eigenvalue weighted by Crippen LogP contribution is 2.17. The van der Waals surface area contributed by atoms with E-state index in [-0.39, 0.29) is 12.1 Å². The van der Waals surface area contributed by atoms with Crippen LogP contribution in [0.15, 0.2) is 30.5 Å². The van der Waals surface area contributed by atoms with Crippen molar-refractivity contribution in [3.8, 4) is 11.4 Å². The maximum atomic E-state index is 5.93. The standard InChI is InChI=1S/C14H20N4O/c1-4-13(15)14-9-18(17-16-14)11-5-7-12(8-6-11)19-10(2)3/h5-10,13H,4,15H2,1-3H3. The molecule has 2 aromatic rings. The predicted octanol–water partition coefficient (Wildman–Crippen LogP) is 2.46. The zero-order chi connectivity index (χ0) is 13.8. The average Bonchev–Trinajstić information content (AvgIpc) is 2.87. The lowest BCUT2D eigenvalue weighted by Crippen LogP contribution is -2.08. The zero-order valence-electron chi connectivity index (χ0n) is 11.6. The number of ether oxygens (including phenoxy) is 1. The lowest BCUT2D eigenvalue weighted by molar-refractivity contribution is 0.242. The van der Waals surface area contributed by atoms with Crippen molar-refractivity contribution < 1.29 is 4.74 Å². The van der Waals surface area contributed by atoms with Crippen LogP contribution in [0.1, 0.15) is 38.9 Å². The Morgan fingerprint density at radius 1 is 1.26 bits per heavy atom. The molecule has 0 radical (unpaired) electrons. The summed E-state index contributed by atoms with van der Waals surface area (Å²) in [6.07, 6.45) is 2.89. The van der Waals surface area contributed by atoms with E-state index < -0.39 is 0 Å². The van der Waals surface area contributed by atoms with Gasteiger partial charge in [-0.05, 0) is 44.5 Å². The molecule has 2 rings (SSSR count). The monoisotopic (exact) mass is 260 g/mol. The molecule has 0 spiro atoms. The van der Waals surface area contributed by atoms with E-state index in [1.165, 1.54) is 0 Å². The summed E-state index contributed by atoms with van der Waals surface area (Å²) in [7, 11) is 0. The highest BCUT2D eigenvalue weighted by atomic mass is 16.5. The molecule has 1 aromatic heterocycles. The van der Waals surface area contributed by atoms with Gasteiger partial charge in [0.1, 0.15) is 5.75 Å². The molecule has 1 aromatic carbocycles. The van der Waals surface area contributed by atoms with Crippen LogP contribution in [-0.2, 0) is 0 Å². The van der Waals surface area contributed by atoms with Gasteiger partial charge in [0.05, 0.1) is 29.7 Å². The van der Waals surface area contributed by atoms with Gasteiger partial charge in [-0.1, -0.05) is 12.1 Å². The molecule has 19 heavy (non-hydrogen) atoms. The number of aromatic nitrogens is 3. The molecular formula is C14H20N4O. The Labute approximate surface area is 113 Å². The van der Waals surface area contributed by atoms with Gasteiger partial charge in [0, 0.05) is 0 Å². The van der Waals surface area contributed by atoms with Gasteiger partial charge in [-0.2, -0.15) is 0 Å². The van der Waals surface area contributed by atoms with E-state index in [9.17, 15) is 0 Å². The fourth-order valence-corrected chi connectivity index (χ4v) is 1.73. The molecule has 0 aliphatic carbocycles. The Morgan fingerprint density at radius 2 is 1.95 bits per heavy atom. The van der Waals surface area contributed by atoms with Gasteiger partial charge in [-0.3, -0.25) is 0 Å². The van der Waals surface area contributed by atoms with Crippen LogP contribution in [-0.4, -0.2) is 21.1 Å². The molecule has 2 N–H and O–H groups in total. The fourth-order valence-electron chi connectivity index (χ4n) is 1.73. The topological polar surface area (TPSA) is 66.0 Å². The molecule has 5 heteroatoms. The summed E-state index contributed by atoms with van der Waals surface area (Å²) >= 11 is 0. The first kappa shape index (κ1) is 13.5. The third-order valence-corrected chi connectivity index (χ3v) is 2.80. The van der Waals surface area contributed by atoms with E-state index >= 15 is 0 Å². The minimum atomic E-state index is -0.0581. The largest absolute Gasteiger partial charge is 0.491 e. The smallest absolute Gasteiger partial charge is 0.119 e. The van der Waals surface area contributed by atoms with Crippen molar-refractivity contribution in [3.63, 3.8) is 0 Å². The van der Waals surface area contributed by atoms with Gasteiger partial charge >= 0.3 is 0 Å². The molecule has 0 aliphatic heterocycles. The van der Waals surface area contributed by atoms with E-state index in [2.05, 4.69) is 10.3 Å². The van der Waals surface area contributed by atoms with Crippen LogP contribution in [0.4, 0.5) is 0 Å². The minimum absolute atomic E-state index is 0.0581. The lowest BCUT2D eigenvalue weighted by Gasteiger charge is -2.09. The number of nitrogens with zero attached hydrogens (tertiary/aromatic N) is 3. The second kappa shape index (κ2) is 5.84. The number of rotatable bonds is 5. The Bertz CT molecular complexity index is 518. The second-order valence-electron chi connectivity index (χ2n) is 4.76. The van der Waals surface area contributed by atoms with E-state index in [1.807, 2.05) is 51.2 Å². The van der Waals surface area contributed by atoms with Gasteiger partial charge in [-0.15, -0.1) is 5.10 Å². The molecule has 1 unspecified atom stereocenters. The predicted molar refractivity (Wildman–Crippen MR) is 74.3 cm³/mol. The van der Waals surface area contributed by atoms with Crippen LogP contribution in [0, 0.1) is 0 Å². The Morgan fingerprint density at radius 3 is 2.53 bits per heavy atom. The summed E-state index contributed by atoms with van der Waals surface area (Å²) in [5.74, 6) is 0.851. The van der Waals surface area contributed by atoms with E-state index in [0.717, 1.165) is 23.6 Å². The van der Waals surface area contributed by atoms with Crippen molar-refractivity contribution >= 4 is 0 Å². The molecule has 1 atom stereocenters. The molecule has 0 fully saturated rings. The van der Waals surface area contributed by atoms with Crippen molar-refractivity contribution in [2.45, 2.75) is 39.3 Å². The van der Waals surface area contributed by atoms with Crippen LogP contribution in [0.25, 0.3) is 5.69 Å². The van der Waals surface area contributed by atoms with Crippen molar-refractivity contribution in [2.24, 2.45) is 5.73 Å². The Kier molecular flexibility index (Phi) is 4.16. The molecule has 1 heterocycles. The summed E-state index contributed by atoms with van der Waals surface area (Å²) < 4.78 is 7.33. The van der Waals surface area contributed by atoms with Gasteiger partial charge in [0.2, 0.25) is 0 Å². The van der Waals surface area contributed by atoms with Gasteiger partial charge in [0.15, 0.2) is 0 Å². The number of hydrogen-bond donors (Lipinski definition) is 1. The second-order valence-corrected chi connectivity index (χ2v) is 4.76. The van der Waals surface area contributed by atoms with E-state index in [4.69, 9.17) is 10.5 Å². The van der Waals surface area contributed by atoms with Gasteiger partial charge in [0.25, 0.3) is 0 Å². The van der Waals surface area contributed by atoms with Gasteiger partial charge in [-0.25, -0.2) is 4.68 Å². The molecule has 0 saturated heterocycles. The lowest BCUT2D eigenvalue weighted by atomic mass is 10.2. The van der Waals surface area contributed by atoms with Crippen molar-refractivity contribution in [2.75, 3.05) is 0 Å². The first-order chi connectivity index (χ1) is 9.10. The van der Waals surface area contributed by atoms with E-state index in [0.29, 0.717) is 0 Å². The van der Waals surface area contributed by atoms with Crippen molar-refractivity contribution in [3.05, 3.63) is 36.2 Å². The summed E-state index contributed by atoms with van der Waals surface area (Å²) in [6, 6.07) is 7.70. The molecule has 0 saturated carbocycles. The van der Waals surface area contributed by atoms with Crippen molar-refractivity contribution in [1.29, 1.82) is 0 Å². The third-order valence-electron chi connectivity index (χ3n) is 2.80. The molecule has 0 aliphatic rings. The summed E-state index contributed by atoms with van der Waals surface area (Å²) in [5, 5.41) is 8.18. The van der Waals surface area contributed by atoms with Crippen LogP contribution in [0.5, 0.6) is 5.75 Å². The summed E-state index contributed by atoms with van der Waals surface area (Å²) in [6.45, 7) is 6.04. The first-order valence-corrected chi connectivity index (χ1v) is 6.55. The minimum Gasteiger partial charge on any atom is -0.491 e. The van der Waals surface area contributed by atoms with E-state index in [1.54, 1.807) is 4.68 Å². The average molecular weight is 260 g/mol. The zero-order valence-corrected chi connectivity index (χ0v) is 11.6. The highest BCUT2D eigenvalue weighted by Gasteiger charge is 2.09. The fraction of sp³-hybridized carbons (Fsp3) is 0.429. The van der Waals surface area contributed by atoms with Crippen molar-refractivity contribution in [1.82, 2.24) is 15.0 Å². The van der Waals surface area contributed by atoms with Crippen LogP contribution in [0.3, 0.4) is 0 Å². The summed E-state index contributed by atoms with van der Waals surface area (Å²) in [5.41, 5.74) is 7.68. The quantitative estimate of drug-likeness (QED) is 0.896. The molecule has 0 bridgehead atoms. The first-order valence-electron chi connectivity index (χ1n) is 6.55. The normalized spacial score (nSPS) is 12.7. The molecule has 102 valence electrons. The Hall–Kier alpha value is -1.88. The highest BCUT2D eigenvalue weighted by molar-refractivity contribution is 5.36. The Balaban J connectivity index is 2.15. The maximum absolute atomic E-state index is 5.93.